The summed E-state index contributed by atoms with van der Waals surface area (Å²) >= 11 is 0. The molecule has 1 fully saturated rings. The largest absolute Gasteiger partial charge is 0.370 e. The number of sulfone groups is 1. The smallest absolute Gasteiger partial charge is 0.254 e. The third kappa shape index (κ3) is 3.63. The van der Waals surface area contributed by atoms with Crippen molar-refractivity contribution in [2.75, 3.05) is 18.1 Å². The first kappa shape index (κ1) is 16.2. The maximum Gasteiger partial charge on any atom is 0.254 e. The normalized spacial score (nSPS) is 22.3. The second-order valence-corrected chi connectivity index (χ2v) is 8.64. The van der Waals surface area contributed by atoms with Crippen LogP contribution in [0.2, 0.25) is 0 Å². The number of hydrogen-bond donors (Lipinski definition) is 1. The molecule has 0 atom stereocenters. The Kier molecular flexibility index (Phi) is 4.52. The van der Waals surface area contributed by atoms with Crippen molar-refractivity contribution < 1.29 is 8.42 Å². The average Bonchev–Trinajstić information content (AvgIpc) is 3.00. The van der Waals surface area contributed by atoms with Crippen LogP contribution in [0.15, 0.2) is 12.4 Å². The van der Waals surface area contributed by atoms with E-state index < -0.39 is 9.84 Å². The Balaban J connectivity index is 1.64. The minimum absolute atomic E-state index is 0.159. The van der Waals surface area contributed by atoms with E-state index in [0.717, 1.165) is 50.2 Å². The van der Waals surface area contributed by atoms with Gasteiger partial charge >= 0.3 is 0 Å². The predicted octanol–water partition coefficient (Wildman–Crippen LogP) is 1.70. The summed E-state index contributed by atoms with van der Waals surface area (Å²) in [6.07, 6.45) is 7.11. The molecule has 2 aromatic rings. The molecule has 0 aromatic carbocycles. The highest BCUT2D eigenvalue weighted by molar-refractivity contribution is 7.91. The molecule has 8 heteroatoms. The fourth-order valence-electron chi connectivity index (χ4n) is 3.18. The van der Waals surface area contributed by atoms with E-state index in [2.05, 4.69) is 27.3 Å². The highest BCUT2D eigenvalue weighted by atomic mass is 32.2. The van der Waals surface area contributed by atoms with E-state index in [-0.39, 0.29) is 5.25 Å². The molecule has 1 aliphatic rings. The Hall–Kier alpha value is -1.70. The topological polar surface area (TPSA) is 89.2 Å². The fourth-order valence-corrected chi connectivity index (χ4v) is 4.31. The van der Waals surface area contributed by atoms with Gasteiger partial charge in [-0.1, -0.05) is 6.92 Å². The zero-order chi connectivity index (χ0) is 16.4. The van der Waals surface area contributed by atoms with Crippen LogP contribution in [0.3, 0.4) is 0 Å². The lowest BCUT2D eigenvalue weighted by Gasteiger charge is -2.27. The molecule has 0 spiro atoms. The van der Waals surface area contributed by atoms with Gasteiger partial charge in [0.2, 0.25) is 0 Å². The number of aromatic nitrogens is 4. The minimum Gasteiger partial charge on any atom is -0.370 e. The highest BCUT2D eigenvalue weighted by Gasteiger charge is 2.27. The van der Waals surface area contributed by atoms with Gasteiger partial charge in [0.15, 0.2) is 0 Å². The summed E-state index contributed by atoms with van der Waals surface area (Å²) in [5, 5.41) is 7.49. The van der Waals surface area contributed by atoms with Crippen molar-refractivity contribution in [2.45, 2.75) is 44.3 Å². The fraction of sp³-hybridized carbons (Fsp3) is 0.667. The lowest BCUT2D eigenvalue weighted by Crippen LogP contribution is -2.29. The Morgan fingerprint density at radius 2 is 2.04 bits per heavy atom. The first-order chi connectivity index (χ1) is 11.0. The summed E-state index contributed by atoms with van der Waals surface area (Å²) in [6, 6.07) is 2.00. The van der Waals surface area contributed by atoms with Crippen LogP contribution in [0.25, 0.3) is 5.78 Å². The van der Waals surface area contributed by atoms with E-state index in [4.69, 9.17) is 0 Å². The van der Waals surface area contributed by atoms with Gasteiger partial charge in [-0.15, -0.1) is 0 Å². The number of nitrogens with one attached hydrogen (secondary N) is 1. The van der Waals surface area contributed by atoms with Crippen molar-refractivity contribution in [2.24, 2.45) is 5.92 Å². The minimum atomic E-state index is -2.90. The summed E-state index contributed by atoms with van der Waals surface area (Å²) in [5.41, 5.74) is 0.980. The quantitative estimate of drug-likeness (QED) is 0.893. The third-order valence-corrected chi connectivity index (χ3v) is 6.32. The molecular formula is C15H23N5O2S. The number of fused-ring (bicyclic) bond motifs is 1. The number of hydrogen-bond acceptors (Lipinski definition) is 6. The highest BCUT2D eigenvalue weighted by Crippen LogP contribution is 2.28. The summed E-state index contributed by atoms with van der Waals surface area (Å²) in [6.45, 7) is 2.88. The van der Waals surface area contributed by atoms with Gasteiger partial charge in [-0.3, -0.25) is 0 Å². The van der Waals surface area contributed by atoms with Gasteiger partial charge in [-0.25, -0.2) is 13.4 Å². The lowest BCUT2D eigenvalue weighted by molar-refractivity contribution is 0.371. The van der Waals surface area contributed by atoms with Gasteiger partial charge in [0.1, 0.15) is 22.0 Å². The molecule has 7 nitrogen and oxygen atoms in total. The maximum absolute atomic E-state index is 11.6. The second-order valence-electron chi connectivity index (χ2n) is 6.31. The van der Waals surface area contributed by atoms with Crippen LogP contribution in [0, 0.1) is 5.92 Å². The maximum atomic E-state index is 11.6. The number of nitrogens with zero attached hydrogens (tertiary/aromatic N) is 4. The second kappa shape index (κ2) is 6.43. The van der Waals surface area contributed by atoms with Crippen molar-refractivity contribution in [3.63, 3.8) is 0 Å². The van der Waals surface area contributed by atoms with Crippen molar-refractivity contribution in [3.05, 3.63) is 18.1 Å². The van der Waals surface area contributed by atoms with Gasteiger partial charge in [0.05, 0.1) is 5.25 Å². The Bertz CT molecular complexity index is 778. The Labute approximate surface area is 136 Å². The van der Waals surface area contributed by atoms with Crippen LogP contribution < -0.4 is 5.32 Å². The molecule has 1 N–H and O–H groups in total. The molecule has 2 heterocycles. The summed E-state index contributed by atoms with van der Waals surface area (Å²) < 4.78 is 24.9. The van der Waals surface area contributed by atoms with E-state index >= 15 is 0 Å². The molecule has 0 saturated heterocycles. The van der Waals surface area contributed by atoms with E-state index in [1.807, 2.05) is 6.07 Å². The number of rotatable bonds is 5. The van der Waals surface area contributed by atoms with Crippen LogP contribution in [-0.2, 0) is 16.3 Å². The van der Waals surface area contributed by atoms with Gasteiger partial charge in [0, 0.05) is 24.6 Å². The number of anilines is 1. The van der Waals surface area contributed by atoms with Gasteiger partial charge in [-0.2, -0.15) is 14.6 Å². The molecular weight excluding hydrogens is 314 g/mol. The van der Waals surface area contributed by atoms with Crippen molar-refractivity contribution in [1.29, 1.82) is 0 Å². The van der Waals surface area contributed by atoms with Gasteiger partial charge < -0.3 is 5.32 Å². The molecule has 0 unspecified atom stereocenters. The van der Waals surface area contributed by atoms with Crippen LogP contribution in [0.1, 0.15) is 38.3 Å². The molecule has 1 aliphatic carbocycles. The van der Waals surface area contributed by atoms with Gasteiger partial charge in [-0.05, 0) is 38.0 Å². The van der Waals surface area contributed by atoms with E-state index in [1.165, 1.54) is 12.6 Å². The third-order valence-electron chi connectivity index (χ3n) is 4.64. The zero-order valence-electron chi connectivity index (χ0n) is 13.6. The molecule has 3 rings (SSSR count). The first-order valence-electron chi connectivity index (χ1n) is 8.09. The molecule has 2 aromatic heterocycles. The van der Waals surface area contributed by atoms with Crippen LogP contribution in [0.4, 0.5) is 5.82 Å². The Morgan fingerprint density at radius 1 is 1.30 bits per heavy atom. The molecule has 23 heavy (non-hydrogen) atoms. The summed E-state index contributed by atoms with van der Waals surface area (Å²) in [4.78, 5) is 8.58. The molecule has 1 saturated carbocycles. The summed E-state index contributed by atoms with van der Waals surface area (Å²) in [7, 11) is -2.90. The van der Waals surface area contributed by atoms with E-state index in [9.17, 15) is 8.42 Å². The predicted molar refractivity (Wildman–Crippen MR) is 89.2 cm³/mol. The zero-order valence-corrected chi connectivity index (χ0v) is 14.4. The summed E-state index contributed by atoms with van der Waals surface area (Å²) in [5.74, 6) is 1.99. The van der Waals surface area contributed by atoms with Crippen LogP contribution in [0.5, 0.6) is 0 Å². The standard InChI is InChI=1S/C15H23N5O2S/c1-3-12-8-14(20-15(19-12)17-10-18-20)16-9-11-4-6-13(7-5-11)23(2,21)22/h8,10-11,13,16H,3-7,9H2,1-2H3. The monoisotopic (exact) mass is 337 g/mol. The number of aryl methyl sites for hydroxylation is 1. The lowest BCUT2D eigenvalue weighted by atomic mass is 9.89. The van der Waals surface area contributed by atoms with E-state index in [1.54, 1.807) is 4.52 Å². The van der Waals surface area contributed by atoms with Crippen molar-refractivity contribution in [3.8, 4) is 0 Å². The Morgan fingerprint density at radius 3 is 2.70 bits per heavy atom. The molecule has 0 bridgehead atoms. The van der Waals surface area contributed by atoms with Crippen LogP contribution in [-0.4, -0.2) is 46.1 Å². The first-order valence-corrected chi connectivity index (χ1v) is 10.0. The van der Waals surface area contributed by atoms with Crippen LogP contribution >= 0.6 is 0 Å². The molecule has 0 amide bonds. The average molecular weight is 337 g/mol. The van der Waals surface area contributed by atoms with Crippen molar-refractivity contribution in [1.82, 2.24) is 19.6 Å². The molecule has 0 radical (unpaired) electrons. The van der Waals surface area contributed by atoms with Crippen molar-refractivity contribution >= 4 is 21.4 Å². The molecule has 126 valence electrons. The molecule has 0 aliphatic heterocycles. The van der Waals surface area contributed by atoms with E-state index in [0.29, 0.717) is 11.7 Å². The van der Waals surface area contributed by atoms with Gasteiger partial charge in [0.25, 0.3) is 5.78 Å². The SMILES string of the molecule is CCc1cc(NCC2CCC(S(C)(=O)=O)CC2)n2ncnc2n1.